The zero-order chi connectivity index (χ0) is 11.4. The molecule has 1 aromatic carbocycles. The van der Waals surface area contributed by atoms with Crippen molar-refractivity contribution < 1.29 is 4.21 Å². The van der Waals surface area contributed by atoms with Crippen molar-refractivity contribution in [3.63, 3.8) is 0 Å². The first kappa shape index (κ1) is 11.6. The van der Waals surface area contributed by atoms with Crippen LogP contribution in [0.4, 0.5) is 5.69 Å². The van der Waals surface area contributed by atoms with E-state index < -0.39 is 10.8 Å². The molecule has 1 atom stereocenters. The van der Waals surface area contributed by atoms with Gasteiger partial charge in [-0.15, -0.1) is 0 Å². The van der Waals surface area contributed by atoms with Gasteiger partial charge in [-0.1, -0.05) is 25.0 Å². The summed E-state index contributed by atoms with van der Waals surface area (Å²) in [5.41, 5.74) is 2.33. The summed E-state index contributed by atoms with van der Waals surface area (Å²) in [6.07, 6.45) is 7.00. The SMILES string of the molecule is CS(=O)Cc1cccc(NC2CCCC2)c1. The van der Waals surface area contributed by atoms with Crippen LogP contribution in [0.15, 0.2) is 24.3 Å². The first-order chi connectivity index (χ1) is 7.74. The molecule has 0 radical (unpaired) electrons. The van der Waals surface area contributed by atoms with Gasteiger partial charge in [-0.05, 0) is 30.5 Å². The summed E-state index contributed by atoms with van der Waals surface area (Å²) in [6.45, 7) is 0. The molecule has 0 bridgehead atoms. The molecule has 0 spiro atoms. The standard InChI is InChI=1S/C13H19NOS/c1-16(15)10-11-5-4-8-13(9-11)14-12-6-2-3-7-12/h4-5,8-9,12,14H,2-3,6-7,10H2,1H3. The minimum atomic E-state index is -0.757. The third-order valence-electron chi connectivity index (χ3n) is 3.02. The Morgan fingerprint density at radius 1 is 1.38 bits per heavy atom. The van der Waals surface area contributed by atoms with Gasteiger partial charge in [0.05, 0.1) is 0 Å². The predicted octanol–water partition coefficient (Wildman–Crippen LogP) is 2.92. The molecule has 16 heavy (non-hydrogen) atoms. The second-order valence-electron chi connectivity index (χ2n) is 4.54. The predicted molar refractivity (Wildman–Crippen MR) is 70.1 cm³/mol. The lowest BCUT2D eigenvalue weighted by Crippen LogP contribution is -2.14. The van der Waals surface area contributed by atoms with Crippen LogP contribution in [0, 0.1) is 0 Å². The highest BCUT2D eigenvalue weighted by molar-refractivity contribution is 7.83. The molecule has 1 aliphatic rings. The molecule has 2 nitrogen and oxygen atoms in total. The van der Waals surface area contributed by atoms with E-state index in [0.717, 1.165) is 5.56 Å². The molecule has 1 saturated carbocycles. The lowest BCUT2D eigenvalue weighted by molar-refractivity contribution is 0.686. The van der Waals surface area contributed by atoms with E-state index in [4.69, 9.17) is 0 Å². The molecule has 1 fully saturated rings. The molecule has 0 saturated heterocycles. The van der Waals surface area contributed by atoms with E-state index in [0.29, 0.717) is 11.8 Å². The molecule has 3 heteroatoms. The highest BCUT2D eigenvalue weighted by Gasteiger charge is 2.14. The molecule has 2 rings (SSSR count). The zero-order valence-corrected chi connectivity index (χ0v) is 10.6. The second kappa shape index (κ2) is 5.48. The van der Waals surface area contributed by atoms with Crippen molar-refractivity contribution in [1.82, 2.24) is 0 Å². The maximum absolute atomic E-state index is 11.2. The summed E-state index contributed by atoms with van der Waals surface area (Å²) in [4.78, 5) is 0. The van der Waals surface area contributed by atoms with Gasteiger partial charge in [-0.2, -0.15) is 0 Å². The van der Waals surface area contributed by atoms with Gasteiger partial charge in [-0.3, -0.25) is 4.21 Å². The van der Waals surface area contributed by atoms with Crippen molar-refractivity contribution in [2.24, 2.45) is 0 Å². The van der Waals surface area contributed by atoms with Crippen molar-refractivity contribution >= 4 is 16.5 Å². The molecular weight excluding hydrogens is 218 g/mol. The summed E-state index contributed by atoms with van der Waals surface area (Å²) >= 11 is 0. The van der Waals surface area contributed by atoms with E-state index in [1.54, 1.807) is 6.26 Å². The largest absolute Gasteiger partial charge is 0.382 e. The van der Waals surface area contributed by atoms with Crippen LogP contribution in [-0.4, -0.2) is 16.5 Å². The Morgan fingerprint density at radius 2 is 2.12 bits per heavy atom. The van der Waals surface area contributed by atoms with Crippen LogP contribution in [-0.2, 0) is 16.6 Å². The lowest BCUT2D eigenvalue weighted by atomic mass is 10.2. The van der Waals surface area contributed by atoms with Crippen LogP contribution < -0.4 is 5.32 Å². The van der Waals surface area contributed by atoms with Gasteiger partial charge in [0.15, 0.2) is 0 Å². The molecule has 88 valence electrons. The number of hydrogen-bond acceptors (Lipinski definition) is 2. The third-order valence-corrected chi connectivity index (χ3v) is 3.76. The van der Waals surface area contributed by atoms with E-state index >= 15 is 0 Å². The smallest absolute Gasteiger partial charge is 0.0483 e. The monoisotopic (exact) mass is 237 g/mol. The second-order valence-corrected chi connectivity index (χ2v) is 5.98. The van der Waals surface area contributed by atoms with Gasteiger partial charge in [0.2, 0.25) is 0 Å². The molecule has 0 aliphatic heterocycles. The quantitative estimate of drug-likeness (QED) is 0.872. The third kappa shape index (κ3) is 3.34. The van der Waals surface area contributed by atoms with E-state index in [2.05, 4.69) is 17.4 Å². The van der Waals surface area contributed by atoms with Gasteiger partial charge in [0, 0.05) is 34.5 Å². The van der Waals surface area contributed by atoms with E-state index in [1.165, 1.54) is 31.4 Å². The van der Waals surface area contributed by atoms with Gasteiger partial charge < -0.3 is 5.32 Å². The van der Waals surface area contributed by atoms with Crippen LogP contribution in [0.2, 0.25) is 0 Å². The van der Waals surface area contributed by atoms with Crippen molar-refractivity contribution in [3.8, 4) is 0 Å². The maximum atomic E-state index is 11.2. The van der Waals surface area contributed by atoms with Crippen LogP contribution in [0.1, 0.15) is 31.2 Å². The Bertz CT molecular complexity index is 372. The lowest BCUT2D eigenvalue weighted by Gasteiger charge is -2.14. The highest BCUT2D eigenvalue weighted by atomic mass is 32.2. The summed E-state index contributed by atoms with van der Waals surface area (Å²) < 4.78 is 11.2. The number of benzene rings is 1. The molecular formula is C13H19NOS. The summed E-state index contributed by atoms with van der Waals surface area (Å²) in [5.74, 6) is 0.653. The van der Waals surface area contributed by atoms with Crippen LogP contribution >= 0.6 is 0 Å². The fourth-order valence-corrected chi connectivity index (χ4v) is 2.94. The van der Waals surface area contributed by atoms with Gasteiger partial charge in [0.25, 0.3) is 0 Å². The van der Waals surface area contributed by atoms with Crippen molar-refractivity contribution in [3.05, 3.63) is 29.8 Å². The molecule has 0 amide bonds. The highest BCUT2D eigenvalue weighted by Crippen LogP contribution is 2.22. The normalized spacial score (nSPS) is 18.6. The summed E-state index contributed by atoms with van der Waals surface area (Å²) in [7, 11) is -0.757. The first-order valence-electron chi connectivity index (χ1n) is 5.89. The molecule has 1 N–H and O–H groups in total. The molecule has 0 aromatic heterocycles. The first-order valence-corrected chi connectivity index (χ1v) is 7.62. The topological polar surface area (TPSA) is 29.1 Å². The minimum Gasteiger partial charge on any atom is -0.382 e. The van der Waals surface area contributed by atoms with Gasteiger partial charge in [0.1, 0.15) is 0 Å². The number of nitrogens with one attached hydrogen (secondary N) is 1. The molecule has 1 aromatic rings. The molecule has 1 aliphatic carbocycles. The van der Waals surface area contributed by atoms with Crippen LogP contribution in [0.5, 0.6) is 0 Å². The molecule has 1 unspecified atom stereocenters. The van der Waals surface area contributed by atoms with E-state index in [1.807, 2.05) is 12.1 Å². The summed E-state index contributed by atoms with van der Waals surface area (Å²) in [5, 5.41) is 3.56. The Hall–Kier alpha value is -0.830. The zero-order valence-electron chi connectivity index (χ0n) is 9.74. The van der Waals surface area contributed by atoms with Crippen LogP contribution in [0.25, 0.3) is 0 Å². The fourth-order valence-electron chi connectivity index (χ4n) is 2.29. The van der Waals surface area contributed by atoms with E-state index in [9.17, 15) is 4.21 Å². The Balaban J connectivity index is 2.00. The Kier molecular flexibility index (Phi) is 3.99. The van der Waals surface area contributed by atoms with Crippen LogP contribution in [0.3, 0.4) is 0 Å². The number of anilines is 1. The molecule has 0 heterocycles. The Morgan fingerprint density at radius 3 is 2.81 bits per heavy atom. The minimum absolute atomic E-state index is 0.641. The average molecular weight is 237 g/mol. The summed E-state index contributed by atoms with van der Waals surface area (Å²) in [6, 6.07) is 8.95. The van der Waals surface area contributed by atoms with Gasteiger partial charge >= 0.3 is 0 Å². The number of rotatable bonds is 4. The fraction of sp³-hybridized carbons (Fsp3) is 0.538. The van der Waals surface area contributed by atoms with Crippen molar-refractivity contribution in [2.75, 3.05) is 11.6 Å². The van der Waals surface area contributed by atoms with Crippen molar-refractivity contribution in [2.45, 2.75) is 37.5 Å². The maximum Gasteiger partial charge on any atom is 0.0483 e. The Labute approximate surface area is 99.9 Å². The average Bonchev–Trinajstić information content (AvgIpc) is 2.70. The van der Waals surface area contributed by atoms with Crippen molar-refractivity contribution in [1.29, 1.82) is 0 Å². The van der Waals surface area contributed by atoms with E-state index in [-0.39, 0.29) is 0 Å². The van der Waals surface area contributed by atoms with Gasteiger partial charge in [-0.25, -0.2) is 0 Å². The number of hydrogen-bond donors (Lipinski definition) is 1.